The lowest BCUT2D eigenvalue weighted by Crippen LogP contribution is -2.15. The number of Topliss-reactive ketones (excluding diaryl/α,β-unsaturated/α-hetero) is 1. The number of carbonyl (C=O) groups excluding carboxylic acids is 1. The zero-order valence-electron chi connectivity index (χ0n) is 7.50. The Hall–Kier alpha value is -0.830. The van der Waals surface area contributed by atoms with Gasteiger partial charge in [0.2, 0.25) is 5.78 Å². The smallest absolute Gasteiger partial charge is 0.222 e. The molecule has 0 radical (unpaired) electrons. The van der Waals surface area contributed by atoms with Crippen LogP contribution in [0.1, 0.15) is 20.3 Å². The predicted molar refractivity (Wildman–Crippen MR) is 44.7 cm³/mol. The van der Waals surface area contributed by atoms with Crippen LogP contribution in [0.15, 0.2) is 11.8 Å². The van der Waals surface area contributed by atoms with E-state index in [1.54, 1.807) is 0 Å². The van der Waals surface area contributed by atoms with Gasteiger partial charge in [-0.15, -0.1) is 0 Å². The standard InChI is InChI=1S/C9H14O3/c1-7(2)12-6-8(10)9-4-3-5-11-9/h4,7H,3,5-6H2,1-2H3. The van der Waals surface area contributed by atoms with Crippen LogP contribution in [0.3, 0.4) is 0 Å². The third-order valence-corrected chi connectivity index (χ3v) is 1.53. The SMILES string of the molecule is CC(C)OCC(=O)C1=CCCO1. The van der Waals surface area contributed by atoms with Gasteiger partial charge in [-0.1, -0.05) is 0 Å². The predicted octanol–water partition coefficient (Wildman–Crippen LogP) is 1.28. The third kappa shape index (κ3) is 2.66. The molecule has 1 rings (SSSR count). The van der Waals surface area contributed by atoms with Crippen LogP contribution in [0.4, 0.5) is 0 Å². The van der Waals surface area contributed by atoms with Crippen LogP contribution in [-0.4, -0.2) is 25.1 Å². The van der Waals surface area contributed by atoms with Crippen LogP contribution in [0.2, 0.25) is 0 Å². The van der Waals surface area contributed by atoms with Gasteiger partial charge in [-0.2, -0.15) is 0 Å². The van der Waals surface area contributed by atoms with E-state index in [-0.39, 0.29) is 18.5 Å². The molecule has 1 aliphatic rings. The first-order chi connectivity index (χ1) is 5.70. The third-order valence-electron chi connectivity index (χ3n) is 1.53. The molecule has 1 heterocycles. The molecule has 0 atom stereocenters. The molecule has 0 amide bonds. The highest BCUT2D eigenvalue weighted by Gasteiger charge is 2.14. The molecule has 0 aliphatic carbocycles. The van der Waals surface area contributed by atoms with Gasteiger partial charge in [0.1, 0.15) is 6.61 Å². The van der Waals surface area contributed by atoms with Gasteiger partial charge in [-0.05, 0) is 19.9 Å². The maximum atomic E-state index is 11.2. The lowest BCUT2D eigenvalue weighted by atomic mass is 10.3. The van der Waals surface area contributed by atoms with Gasteiger partial charge in [0.05, 0.1) is 12.7 Å². The van der Waals surface area contributed by atoms with Gasteiger partial charge in [-0.3, -0.25) is 4.79 Å². The normalized spacial score (nSPS) is 16.1. The summed E-state index contributed by atoms with van der Waals surface area (Å²) in [6.45, 7) is 4.56. The maximum absolute atomic E-state index is 11.2. The molecule has 0 N–H and O–H groups in total. The van der Waals surface area contributed by atoms with Crippen LogP contribution >= 0.6 is 0 Å². The summed E-state index contributed by atoms with van der Waals surface area (Å²) in [4.78, 5) is 11.2. The van der Waals surface area contributed by atoms with Gasteiger partial charge < -0.3 is 9.47 Å². The first-order valence-electron chi connectivity index (χ1n) is 4.18. The van der Waals surface area contributed by atoms with E-state index in [1.165, 1.54) is 0 Å². The van der Waals surface area contributed by atoms with Crippen LogP contribution in [-0.2, 0) is 14.3 Å². The zero-order chi connectivity index (χ0) is 8.97. The summed E-state index contributed by atoms with van der Waals surface area (Å²) in [6, 6.07) is 0. The molecule has 1 aliphatic heterocycles. The van der Waals surface area contributed by atoms with Crippen molar-refractivity contribution in [1.82, 2.24) is 0 Å². The average Bonchev–Trinajstić information content (AvgIpc) is 2.51. The summed E-state index contributed by atoms with van der Waals surface area (Å²) in [7, 11) is 0. The molecule has 0 saturated carbocycles. The molecule has 0 fully saturated rings. The molecule has 0 aromatic heterocycles. The fourth-order valence-electron chi connectivity index (χ4n) is 0.926. The van der Waals surface area contributed by atoms with Gasteiger partial charge in [0, 0.05) is 6.42 Å². The summed E-state index contributed by atoms with van der Waals surface area (Å²) in [5.41, 5.74) is 0. The van der Waals surface area contributed by atoms with E-state index in [0.29, 0.717) is 12.4 Å². The van der Waals surface area contributed by atoms with Gasteiger partial charge in [0.15, 0.2) is 5.76 Å². The molecule has 0 aromatic carbocycles. The molecule has 0 aromatic rings. The van der Waals surface area contributed by atoms with Crippen molar-refractivity contribution < 1.29 is 14.3 Å². The lowest BCUT2D eigenvalue weighted by Gasteiger charge is -2.06. The molecular formula is C9H14O3. The van der Waals surface area contributed by atoms with E-state index in [4.69, 9.17) is 9.47 Å². The minimum absolute atomic E-state index is 0.0544. The topological polar surface area (TPSA) is 35.5 Å². The fraction of sp³-hybridized carbons (Fsp3) is 0.667. The van der Waals surface area contributed by atoms with Crippen molar-refractivity contribution in [2.24, 2.45) is 0 Å². The molecule has 0 unspecified atom stereocenters. The second-order valence-electron chi connectivity index (χ2n) is 2.99. The van der Waals surface area contributed by atoms with E-state index >= 15 is 0 Å². The summed E-state index contributed by atoms with van der Waals surface area (Å²) >= 11 is 0. The largest absolute Gasteiger partial charge is 0.490 e. The van der Waals surface area contributed by atoms with Crippen molar-refractivity contribution >= 4 is 5.78 Å². The minimum Gasteiger partial charge on any atom is -0.490 e. The Bertz CT molecular complexity index is 194. The Kier molecular flexibility index (Phi) is 3.29. The number of hydrogen-bond acceptors (Lipinski definition) is 3. The van der Waals surface area contributed by atoms with E-state index in [9.17, 15) is 4.79 Å². The summed E-state index contributed by atoms with van der Waals surface area (Å²) < 4.78 is 10.2. The van der Waals surface area contributed by atoms with Crippen molar-refractivity contribution in [2.75, 3.05) is 13.2 Å². The molecule has 0 spiro atoms. The molecule has 68 valence electrons. The highest BCUT2D eigenvalue weighted by atomic mass is 16.5. The summed E-state index contributed by atoms with van der Waals surface area (Å²) in [6.07, 6.45) is 2.74. The molecule has 3 nitrogen and oxygen atoms in total. The Labute approximate surface area is 72.4 Å². The first-order valence-corrected chi connectivity index (χ1v) is 4.18. The molecule has 0 bridgehead atoms. The Morgan fingerprint density at radius 2 is 2.50 bits per heavy atom. The van der Waals surface area contributed by atoms with Crippen LogP contribution < -0.4 is 0 Å². The van der Waals surface area contributed by atoms with Gasteiger partial charge in [-0.25, -0.2) is 0 Å². The van der Waals surface area contributed by atoms with E-state index in [1.807, 2.05) is 19.9 Å². The van der Waals surface area contributed by atoms with E-state index in [0.717, 1.165) is 6.42 Å². The number of carbonyl (C=O) groups is 1. The molecule has 0 saturated heterocycles. The Morgan fingerprint density at radius 3 is 3.00 bits per heavy atom. The maximum Gasteiger partial charge on any atom is 0.222 e. The molecule has 12 heavy (non-hydrogen) atoms. The molecule has 3 heteroatoms. The van der Waals surface area contributed by atoms with Crippen molar-refractivity contribution in [3.8, 4) is 0 Å². The van der Waals surface area contributed by atoms with Gasteiger partial charge >= 0.3 is 0 Å². The van der Waals surface area contributed by atoms with Crippen LogP contribution in [0, 0.1) is 0 Å². The number of hydrogen-bond donors (Lipinski definition) is 0. The molecular weight excluding hydrogens is 156 g/mol. The van der Waals surface area contributed by atoms with Crippen molar-refractivity contribution in [3.05, 3.63) is 11.8 Å². The monoisotopic (exact) mass is 170 g/mol. The Balaban J connectivity index is 2.28. The number of rotatable bonds is 4. The highest BCUT2D eigenvalue weighted by molar-refractivity contribution is 5.94. The zero-order valence-corrected chi connectivity index (χ0v) is 7.50. The van der Waals surface area contributed by atoms with Crippen molar-refractivity contribution in [2.45, 2.75) is 26.4 Å². The van der Waals surface area contributed by atoms with Crippen molar-refractivity contribution in [1.29, 1.82) is 0 Å². The Morgan fingerprint density at radius 1 is 1.75 bits per heavy atom. The highest BCUT2D eigenvalue weighted by Crippen LogP contribution is 2.10. The number of ketones is 1. The second kappa shape index (κ2) is 4.26. The fourth-order valence-corrected chi connectivity index (χ4v) is 0.926. The first kappa shape index (κ1) is 9.26. The van der Waals surface area contributed by atoms with Crippen LogP contribution in [0.25, 0.3) is 0 Å². The second-order valence-corrected chi connectivity index (χ2v) is 2.99. The van der Waals surface area contributed by atoms with Gasteiger partial charge in [0.25, 0.3) is 0 Å². The minimum atomic E-state index is -0.0544. The quantitative estimate of drug-likeness (QED) is 0.637. The van der Waals surface area contributed by atoms with E-state index < -0.39 is 0 Å². The van der Waals surface area contributed by atoms with E-state index in [2.05, 4.69) is 0 Å². The van der Waals surface area contributed by atoms with Crippen molar-refractivity contribution in [3.63, 3.8) is 0 Å². The summed E-state index contributed by atoms with van der Waals surface area (Å²) in [5, 5.41) is 0. The number of ether oxygens (including phenoxy) is 2. The van der Waals surface area contributed by atoms with Crippen LogP contribution in [0.5, 0.6) is 0 Å². The lowest BCUT2D eigenvalue weighted by molar-refractivity contribution is -0.124. The summed E-state index contributed by atoms with van der Waals surface area (Å²) in [5.74, 6) is 0.414. The average molecular weight is 170 g/mol.